The number of sulfonamides is 1. The van der Waals surface area contributed by atoms with Gasteiger partial charge in [-0.25, -0.2) is 13.1 Å². The molecule has 0 atom stereocenters. The molecule has 120 valence electrons. The molecule has 6 heteroatoms. The van der Waals surface area contributed by atoms with E-state index in [1.54, 1.807) is 6.07 Å². The topological polar surface area (TPSA) is 58.2 Å². The summed E-state index contributed by atoms with van der Waals surface area (Å²) in [4.78, 5) is 1.33. The maximum Gasteiger partial charge on any atom is 0.241 e. The van der Waals surface area contributed by atoms with Crippen LogP contribution in [0, 0.1) is 5.92 Å². The average molecular weight is 331 g/mol. The van der Waals surface area contributed by atoms with E-state index >= 15 is 0 Å². The van der Waals surface area contributed by atoms with Gasteiger partial charge in [0.25, 0.3) is 0 Å². The number of thiophene rings is 1. The van der Waals surface area contributed by atoms with Crippen molar-refractivity contribution in [2.45, 2.75) is 56.9 Å². The summed E-state index contributed by atoms with van der Waals surface area (Å²) in [5.74, 6) is 0.699. The molecule has 0 amide bonds. The molecule has 0 aromatic carbocycles. The van der Waals surface area contributed by atoms with Gasteiger partial charge in [0, 0.05) is 18.0 Å². The Morgan fingerprint density at radius 3 is 2.76 bits per heavy atom. The molecule has 1 aliphatic rings. The highest BCUT2D eigenvalue weighted by Gasteiger charge is 2.20. The van der Waals surface area contributed by atoms with Gasteiger partial charge in [-0.3, -0.25) is 0 Å². The van der Waals surface area contributed by atoms with Crippen molar-refractivity contribution < 1.29 is 8.42 Å². The van der Waals surface area contributed by atoms with Gasteiger partial charge < -0.3 is 5.32 Å². The third-order valence-electron chi connectivity index (χ3n) is 4.10. The molecule has 0 unspecified atom stereocenters. The molecule has 0 radical (unpaired) electrons. The fourth-order valence-corrected chi connectivity index (χ4v) is 5.35. The van der Waals surface area contributed by atoms with Crippen LogP contribution < -0.4 is 10.0 Å². The van der Waals surface area contributed by atoms with Gasteiger partial charge in [-0.15, -0.1) is 11.3 Å². The highest BCUT2D eigenvalue weighted by atomic mass is 32.2. The van der Waals surface area contributed by atoms with Crippen LogP contribution in [-0.2, 0) is 16.6 Å². The van der Waals surface area contributed by atoms with E-state index in [0.717, 1.165) is 17.8 Å². The minimum Gasteiger partial charge on any atom is -0.312 e. The lowest BCUT2D eigenvalue weighted by Crippen LogP contribution is -2.27. The highest BCUT2D eigenvalue weighted by molar-refractivity contribution is 7.89. The van der Waals surface area contributed by atoms with Crippen molar-refractivity contribution >= 4 is 21.4 Å². The second kappa shape index (κ2) is 8.27. The van der Waals surface area contributed by atoms with Gasteiger partial charge in [-0.2, -0.15) is 0 Å². The Bertz CT molecular complexity index is 520. The summed E-state index contributed by atoms with van der Waals surface area (Å²) < 4.78 is 27.6. The first-order valence-corrected chi connectivity index (χ1v) is 10.3. The fourth-order valence-electron chi connectivity index (χ4n) is 2.89. The molecule has 2 rings (SSSR count). The lowest BCUT2D eigenvalue weighted by atomic mass is 9.87. The van der Waals surface area contributed by atoms with E-state index in [4.69, 9.17) is 0 Å². The van der Waals surface area contributed by atoms with Crippen LogP contribution in [0.15, 0.2) is 16.3 Å². The summed E-state index contributed by atoms with van der Waals surface area (Å²) in [6.45, 7) is 4.03. The zero-order chi connectivity index (χ0) is 15.1. The third-order valence-corrected chi connectivity index (χ3v) is 6.69. The SMILES string of the molecule is CCNCc1sccc1S(=O)(=O)NCCC1CCCCC1. The Morgan fingerprint density at radius 2 is 2.05 bits per heavy atom. The Morgan fingerprint density at radius 1 is 1.29 bits per heavy atom. The van der Waals surface area contributed by atoms with Crippen molar-refractivity contribution in [1.29, 1.82) is 0 Å². The predicted molar refractivity (Wildman–Crippen MR) is 88.1 cm³/mol. The fraction of sp³-hybridized carbons (Fsp3) is 0.733. The van der Waals surface area contributed by atoms with Crippen LogP contribution in [0.25, 0.3) is 0 Å². The standard InChI is InChI=1S/C15H26N2O2S2/c1-2-16-12-14-15(9-11-20-14)21(18,19)17-10-8-13-6-4-3-5-7-13/h9,11,13,16-17H,2-8,10,12H2,1H3. The molecule has 0 aliphatic heterocycles. The lowest BCUT2D eigenvalue weighted by Gasteiger charge is -2.21. The van der Waals surface area contributed by atoms with Crippen LogP contribution >= 0.6 is 11.3 Å². The van der Waals surface area contributed by atoms with Crippen LogP contribution in [0.5, 0.6) is 0 Å². The summed E-state index contributed by atoms with van der Waals surface area (Å²) in [5, 5.41) is 5.04. The van der Waals surface area contributed by atoms with E-state index in [2.05, 4.69) is 10.0 Å². The van der Waals surface area contributed by atoms with E-state index in [-0.39, 0.29) is 0 Å². The average Bonchev–Trinajstić information content (AvgIpc) is 2.95. The van der Waals surface area contributed by atoms with E-state index in [0.29, 0.717) is 23.9 Å². The first kappa shape index (κ1) is 16.9. The van der Waals surface area contributed by atoms with Crippen molar-refractivity contribution in [3.8, 4) is 0 Å². The maximum absolute atomic E-state index is 12.4. The Labute approximate surface area is 132 Å². The van der Waals surface area contributed by atoms with Gasteiger partial charge in [0.1, 0.15) is 0 Å². The largest absolute Gasteiger partial charge is 0.312 e. The summed E-state index contributed by atoms with van der Waals surface area (Å²) in [6, 6.07) is 1.71. The molecular weight excluding hydrogens is 304 g/mol. The maximum atomic E-state index is 12.4. The van der Waals surface area contributed by atoms with E-state index < -0.39 is 10.0 Å². The molecule has 1 aromatic rings. The van der Waals surface area contributed by atoms with Crippen LogP contribution in [0.1, 0.15) is 50.3 Å². The molecule has 1 aliphatic carbocycles. The summed E-state index contributed by atoms with van der Waals surface area (Å²) in [6.07, 6.45) is 7.41. The minimum absolute atomic E-state index is 0.442. The zero-order valence-corrected chi connectivity index (χ0v) is 14.4. The van der Waals surface area contributed by atoms with Crippen molar-refractivity contribution in [2.24, 2.45) is 5.92 Å². The number of hydrogen-bond acceptors (Lipinski definition) is 4. The van der Waals surface area contributed by atoms with Crippen LogP contribution in [-0.4, -0.2) is 21.5 Å². The molecule has 1 fully saturated rings. The third kappa shape index (κ3) is 5.06. The van der Waals surface area contributed by atoms with Gasteiger partial charge in [0.15, 0.2) is 0 Å². The zero-order valence-electron chi connectivity index (χ0n) is 12.7. The number of nitrogens with one attached hydrogen (secondary N) is 2. The lowest BCUT2D eigenvalue weighted by molar-refractivity contribution is 0.339. The molecule has 0 bridgehead atoms. The molecule has 1 aromatic heterocycles. The summed E-state index contributed by atoms with van der Waals surface area (Å²) in [5.41, 5.74) is 0. The smallest absolute Gasteiger partial charge is 0.241 e. The Kier molecular flexibility index (Phi) is 6.67. The van der Waals surface area contributed by atoms with E-state index in [1.807, 2.05) is 12.3 Å². The second-order valence-corrected chi connectivity index (χ2v) is 8.41. The monoisotopic (exact) mass is 330 g/mol. The predicted octanol–water partition coefficient (Wildman–Crippen LogP) is 3.11. The van der Waals surface area contributed by atoms with Crippen LogP contribution in [0.3, 0.4) is 0 Å². The summed E-state index contributed by atoms with van der Waals surface area (Å²) >= 11 is 1.50. The first-order chi connectivity index (χ1) is 10.1. The van der Waals surface area contributed by atoms with Crippen molar-refractivity contribution in [2.75, 3.05) is 13.1 Å². The van der Waals surface area contributed by atoms with Gasteiger partial charge in [-0.1, -0.05) is 39.0 Å². The van der Waals surface area contributed by atoms with Crippen molar-refractivity contribution in [1.82, 2.24) is 10.0 Å². The van der Waals surface area contributed by atoms with E-state index in [9.17, 15) is 8.42 Å². The second-order valence-electron chi connectivity index (χ2n) is 5.68. The van der Waals surface area contributed by atoms with Crippen molar-refractivity contribution in [3.63, 3.8) is 0 Å². The molecule has 0 spiro atoms. The van der Waals surface area contributed by atoms with Gasteiger partial charge in [-0.05, 0) is 30.3 Å². The van der Waals surface area contributed by atoms with Gasteiger partial charge in [0.2, 0.25) is 10.0 Å². The Hall–Kier alpha value is -0.430. The van der Waals surface area contributed by atoms with Gasteiger partial charge in [0.05, 0.1) is 4.90 Å². The normalized spacial score (nSPS) is 17.2. The molecule has 1 heterocycles. The molecule has 1 saturated carbocycles. The summed E-state index contributed by atoms with van der Waals surface area (Å²) in [7, 11) is -3.36. The van der Waals surface area contributed by atoms with E-state index in [1.165, 1.54) is 43.4 Å². The highest BCUT2D eigenvalue weighted by Crippen LogP contribution is 2.26. The van der Waals surface area contributed by atoms with Crippen LogP contribution in [0.2, 0.25) is 0 Å². The quantitative estimate of drug-likeness (QED) is 0.770. The molecule has 21 heavy (non-hydrogen) atoms. The minimum atomic E-state index is -3.36. The number of rotatable bonds is 8. The van der Waals surface area contributed by atoms with Gasteiger partial charge >= 0.3 is 0 Å². The molecule has 0 saturated heterocycles. The molecule has 4 nitrogen and oxygen atoms in total. The molecular formula is C15H26N2O2S2. The van der Waals surface area contributed by atoms with Crippen LogP contribution in [0.4, 0.5) is 0 Å². The molecule has 2 N–H and O–H groups in total. The first-order valence-electron chi connectivity index (χ1n) is 7.90. The Balaban J connectivity index is 1.87. The number of hydrogen-bond donors (Lipinski definition) is 2. The van der Waals surface area contributed by atoms with Crippen molar-refractivity contribution in [3.05, 3.63) is 16.3 Å².